The van der Waals surface area contributed by atoms with Crippen LogP contribution >= 0.6 is 0 Å². The molecule has 0 spiro atoms. The molecular formula is C15H10FN3O5. The van der Waals surface area contributed by atoms with Crippen LogP contribution in [0, 0.1) is 15.9 Å². The first kappa shape index (κ1) is 15.4. The molecule has 1 N–H and O–H groups in total. The Bertz CT molecular complexity index is 991. The third kappa shape index (κ3) is 3.00. The minimum absolute atomic E-state index is 0.139. The molecule has 0 radical (unpaired) electrons. The van der Waals surface area contributed by atoms with Crippen molar-refractivity contribution in [2.45, 2.75) is 6.54 Å². The van der Waals surface area contributed by atoms with Crippen LogP contribution in [0.25, 0.3) is 11.1 Å². The molecular weight excluding hydrogens is 321 g/mol. The molecule has 3 rings (SSSR count). The molecule has 0 atom stereocenters. The van der Waals surface area contributed by atoms with Crippen molar-refractivity contribution in [2.75, 3.05) is 5.32 Å². The summed E-state index contributed by atoms with van der Waals surface area (Å²) in [5, 5.41) is 13.3. The normalized spacial score (nSPS) is 10.7. The molecule has 8 nitrogen and oxygen atoms in total. The minimum Gasteiger partial charge on any atom is -0.408 e. The highest BCUT2D eigenvalue weighted by Crippen LogP contribution is 2.20. The van der Waals surface area contributed by atoms with E-state index in [1.54, 1.807) is 0 Å². The zero-order valence-electron chi connectivity index (χ0n) is 12.1. The number of fused-ring (bicyclic) bond motifs is 1. The summed E-state index contributed by atoms with van der Waals surface area (Å²) in [4.78, 5) is 34.1. The number of oxazole rings is 1. The molecule has 0 saturated carbocycles. The standard InChI is InChI=1S/C15H10FN3O5/c16-9-1-3-10(4-2-9)17-14(20)8-18-12-7-11(19(22)23)5-6-13(12)24-15(18)21/h1-7H,8H2,(H,17,20). The van der Waals surface area contributed by atoms with Crippen LogP contribution in [-0.2, 0) is 11.3 Å². The molecule has 3 aromatic rings. The van der Waals surface area contributed by atoms with E-state index in [-0.39, 0.29) is 16.8 Å². The highest BCUT2D eigenvalue weighted by Gasteiger charge is 2.16. The maximum absolute atomic E-state index is 12.8. The maximum Gasteiger partial charge on any atom is 0.420 e. The number of non-ortho nitro benzene ring substituents is 1. The zero-order chi connectivity index (χ0) is 17.3. The monoisotopic (exact) mass is 331 g/mol. The van der Waals surface area contributed by atoms with Gasteiger partial charge in [-0.25, -0.2) is 9.18 Å². The molecule has 1 amide bonds. The van der Waals surface area contributed by atoms with E-state index in [9.17, 15) is 24.1 Å². The second-order valence-electron chi connectivity index (χ2n) is 4.92. The van der Waals surface area contributed by atoms with E-state index in [2.05, 4.69) is 5.32 Å². The average molecular weight is 331 g/mol. The number of nitrogens with one attached hydrogen (secondary N) is 1. The van der Waals surface area contributed by atoms with Gasteiger partial charge in [0, 0.05) is 17.8 Å². The van der Waals surface area contributed by atoms with Crippen LogP contribution in [0.4, 0.5) is 15.8 Å². The molecule has 0 aliphatic carbocycles. The van der Waals surface area contributed by atoms with Crippen LogP contribution in [0.3, 0.4) is 0 Å². The fraction of sp³-hybridized carbons (Fsp3) is 0.0667. The summed E-state index contributed by atoms with van der Waals surface area (Å²) >= 11 is 0. The van der Waals surface area contributed by atoms with Gasteiger partial charge in [-0.1, -0.05) is 0 Å². The number of hydrogen-bond donors (Lipinski definition) is 1. The van der Waals surface area contributed by atoms with Crippen molar-refractivity contribution in [1.29, 1.82) is 0 Å². The summed E-state index contributed by atoms with van der Waals surface area (Å²) in [6.07, 6.45) is 0. The van der Waals surface area contributed by atoms with Gasteiger partial charge in [0.05, 0.1) is 10.4 Å². The molecule has 0 aliphatic heterocycles. The Labute approximate surface area is 133 Å². The van der Waals surface area contributed by atoms with E-state index in [0.717, 1.165) is 10.6 Å². The predicted molar refractivity (Wildman–Crippen MR) is 82.2 cm³/mol. The molecule has 0 unspecified atom stereocenters. The Morgan fingerprint density at radius 2 is 1.96 bits per heavy atom. The molecule has 122 valence electrons. The number of nitro groups is 1. The lowest BCUT2D eigenvalue weighted by atomic mass is 10.3. The van der Waals surface area contributed by atoms with Gasteiger partial charge in [-0.15, -0.1) is 0 Å². The van der Waals surface area contributed by atoms with Crippen LogP contribution in [0.1, 0.15) is 0 Å². The van der Waals surface area contributed by atoms with E-state index in [4.69, 9.17) is 4.42 Å². The molecule has 24 heavy (non-hydrogen) atoms. The third-order valence-corrected chi connectivity index (χ3v) is 3.29. The lowest BCUT2D eigenvalue weighted by Crippen LogP contribution is -2.24. The summed E-state index contributed by atoms with van der Waals surface area (Å²) in [6, 6.07) is 8.75. The number of carbonyl (C=O) groups excluding carboxylic acids is 1. The van der Waals surface area contributed by atoms with Crippen molar-refractivity contribution in [3.63, 3.8) is 0 Å². The van der Waals surface area contributed by atoms with Gasteiger partial charge in [0.15, 0.2) is 5.58 Å². The molecule has 0 bridgehead atoms. The molecule has 1 heterocycles. The molecule has 0 saturated heterocycles. The van der Waals surface area contributed by atoms with Crippen LogP contribution < -0.4 is 11.1 Å². The highest BCUT2D eigenvalue weighted by atomic mass is 19.1. The van der Waals surface area contributed by atoms with Crippen LogP contribution in [0.5, 0.6) is 0 Å². The lowest BCUT2D eigenvalue weighted by molar-refractivity contribution is -0.384. The SMILES string of the molecule is O=C(Cn1c(=O)oc2ccc([N+](=O)[O-])cc21)Nc1ccc(F)cc1. The fourth-order valence-electron chi connectivity index (χ4n) is 2.19. The maximum atomic E-state index is 12.8. The number of rotatable bonds is 4. The van der Waals surface area contributed by atoms with Crippen molar-refractivity contribution in [3.05, 3.63) is 68.9 Å². The van der Waals surface area contributed by atoms with Gasteiger partial charge in [0.1, 0.15) is 12.4 Å². The Hall–Kier alpha value is -3.49. The number of benzene rings is 2. The molecule has 0 fully saturated rings. The Balaban J connectivity index is 1.88. The average Bonchev–Trinajstić information content (AvgIpc) is 2.84. The summed E-state index contributed by atoms with van der Waals surface area (Å²) in [7, 11) is 0. The topological polar surface area (TPSA) is 107 Å². The Morgan fingerprint density at radius 1 is 1.25 bits per heavy atom. The van der Waals surface area contributed by atoms with Gasteiger partial charge in [-0.3, -0.25) is 19.5 Å². The lowest BCUT2D eigenvalue weighted by Gasteiger charge is -2.05. The van der Waals surface area contributed by atoms with Gasteiger partial charge in [0.2, 0.25) is 5.91 Å². The van der Waals surface area contributed by atoms with Crippen LogP contribution in [0.2, 0.25) is 0 Å². The molecule has 0 aliphatic rings. The second kappa shape index (κ2) is 5.95. The predicted octanol–water partition coefficient (Wildman–Crippen LogP) is 2.28. The van der Waals surface area contributed by atoms with Gasteiger partial charge in [0.25, 0.3) is 5.69 Å². The number of hydrogen-bond acceptors (Lipinski definition) is 5. The summed E-state index contributed by atoms with van der Waals surface area (Å²) in [5.41, 5.74) is 0.410. The van der Waals surface area contributed by atoms with E-state index in [0.29, 0.717) is 5.69 Å². The first-order valence-electron chi connectivity index (χ1n) is 6.77. The largest absolute Gasteiger partial charge is 0.420 e. The molecule has 1 aromatic heterocycles. The summed E-state index contributed by atoms with van der Waals surface area (Å²) in [6.45, 7) is -0.398. The van der Waals surface area contributed by atoms with E-state index < -0.39 is 28.9 Å². The smallest absolute Gasteiger partial charge is 0.408 e. The number of nitrogens with zero attached hydrogens (tertiary/aromatic N) is 2. The van der Waals surface area contributed by atoms with E-state index >= 15 is 0 Å². The third-order valence-electron chi connectivity index (χ3n) is 3.29. The van der Waals surface area contributed by atoms with Crippen molar-refractivity contribution in [1.82, 2.24) is 4.57 Å². The number of aromatic nitrogens is 1. The van der Waals surface area contributed by atoms with Crippen LogP contribution in [0.15, 0.2) is 51.7 Å². The van der Waals surface area contributed by atoms with Crippen molar-refractivity contribution in [2.24, 2.45) is 0 Å². The Morgan fingerprint density at radius 3 is 2.62 bits per heavy atom. The van der Waals surface area contributed by atoms with Gasteiger partial charge < -0.3 is 9.73 Å². The number of amides is 1. The fourth-order valence-corrected chi connectivity index (χ4v) is 2.19. The van der Waals surface area contributed by atoms with Gasteiger partial charge in [-0.05, 0) is 30.3 Å². The minimum atomic E-state index is -0.806. The second-order valence-corrected chi connectivity index (χ2v) is 4.92. The van der Waals surface area contributed by atoms with Crippen LogP contribution in [-0.4, -0.2) is 15.4 Å². The highest BCUT2D eigenvalue weighted by molar-refractivity contribution is 5.91. The zero-order valence-corrected chi connectivity index (χ0v) is 12.1. The van der Waals surface area contributed by atoms with Gasteiger partial charge >= 0.3 is 5.76 Å². The van der Waals surface area contributed by atoms with Crippen molar-refractivity contribution < 1.29 is 18.5 Å². The molecule has 9 heteroatoms. The first-order valence-corrected chi connectivity index (χ1v) is 6.77. The number of anilines is 1. The van der Waals surface area contributed by atoms with Crippen molar-refractivity contribution in [3.8, 4) is 0 Å². The first-order chi connectivity index (χ1) is 11.4. The van der Waals surface area contributed by atoms with Crippen molar-refractivity contribution >= 4 is 28.4 Å². The Kier molecular flexibility index (Phi) is 3.82. The number of halogens is 1. The van der Waals surface area contributed by atoms with E-state index in [1.165, 1.54) is 36.4 Å². The summed E-state index contributed by atoms with van der Waals surface area (Å²) < 4.78 is 18.8. The number of nitro benzene ring substituents is 1. The molecule has 2 aromatic carbocycles. The quantitative estimate of drug-likeness (QED) is 0.583. The van der Waals surface area contributed by atoms with Gasteiger partial charge in [-0.2, -0.15) is 0 Å². The number of carbonyl (C=O) groups is 1. The van der Waals surface area contributed by atoms with E-state index in [1.807, 2.05) is 0 Å². The summed E-state index contributed by atoms with van der Waals surface area (Å²) in [5.74, 6) is -1.81.